The Hall–Kier alpha value is -2.31. The molecule has 0 amide bonds. The fourth-order valence-electron chi connectivity index (χ4n) is 2.65. The molecule has 0 saturated heterocycles. The fraction of sp³-hybridized carbons (Fsp3) is 0.300. The summed E-state index contributed by atoms with van der Waals surface area (Å²) in [5, 5.41) is 0.395. The van der Waals surface area contributed by atoms with Crippen LogP contribution >= 0.6 is 11.3 Å². The maximum atomic E-state index is 13.0. The summed E-state index contributed by atoms with van der Waals surface area (Å²) >= 11 is 1.32. The maximum absolute atomic E-state index is 13.0. The van der Waals surface area contributed by atoms with Gasteiger partial charge in [0.2, 0.25) is 5.78 Å². The second kappa shape index (κ2) is 8.38. The van der Waals surface area contributed by atoms with E-state index >= 15 is 0 Å². The number of rotatable bonds is 8. The highest BCUT2D eigenvalue weighted by Crippen LogP contribution is 2.27. The highest BCUT2D eigenvalue weighted by atomic mass is 32.1. The van der Waals surface area contributed by atoms with E-state index in [0.717, 1.165) is 35.6 Å². The van der Waals surface area contributed by atoms with Crippen molar-refractivity contribution < 1.29 is 13.9 Å². The molecule has 0 N–H and O–H groups in total. The lowest BCUT2D eigenvalue weighted by Crippen LogP contribution is -2.27. The molecule has 0 bridgehead atoms. The average Bonchev–Trinajstić information content (AvgIpc) is 3.08. The Kier molecular flexibility index (Phi) is 5.96. The number of thiazole rings is 1. The van der Waals surface area contributed by atoms with E-state index in [4.69, 9.17) is 4.74 Å². The summed E-state index contributed by atoms with van der Waals surface area (Å²) in [6.07, 6.45) is 0. The van der Waals surface area contributed by atoms with Gasteiger partial charge in [0, 0.05) is 12.1 Å². The Bertz CT molecular complexity index is 888. The molecule has 2 aromatic carbocycles. The van der Waals surface area contributed by atoms with Crippen molar-refractivity contribution in [1.82, 2.24) is 9.88 Å². The van der Waals surface area contributed by atoms with Crippen molar-refractivity contribution in [2.45, 2.75) is 13.8 Å². The zero-order valence-corrected chi connectivity index (χ0v) is 15.7. The lowest BCUT2D eigenvalue weighted by molar-refractivity contribution is 0.103. The number of likely N-dealkylation sites (N-methyl/N-ethyl adjacent to an activating group) is 1. The number of fused-ring (bicyclic) bond motifs is 1. The van der Waals surface area contributed by atoms with Crippen LogP contribution in [0.15, 0.2) is 42.5 Å². The quantitative estimate of drug-likeness (QED) is 0.550. The Labute approximate surface area is 156 Å². The summed E-state index contributed by atoms with van der Waals surface area (Å²) in [6.45, 7) is 7.76. The number of hydrogen-bond acceptors (Lipinski definition) is 5. The standard InChI is InChI=1S/C20H21FN2O2S/c1-3-23(4-2)11-12-25-16-9-10-17-18(13-16)26-20(22-17)19(24)14-5-7-15(21)8-6-14/h5-10,13H,3-4,11-12H2,1-2H3. The summed E-state index contributed by atoms with van der Waals surface area (Å²) in [5.41, 5.74) is 1.19. The van der Waals surface area contributed by atoms with Gasteiger partial charge in [0.15, 0.2) is 5.01 Å². The van der Waals surface area contributed by atoms with Crippen molar-refractivity contribution in [3.63, 3.8) is 0 Å². The molecule has 26 heavy (non-hydrogen) atoms. The number of carbonyl (C=O) groups is 1. The number of ether oxygens (including phenoxy) is 1. The maximum Gasteiger partial charge on any atom is 0.221 e. The molecule has 0 fully saturated rings. The predicted molar refractivity (Wildman–Crippen MR) is 103 cm³/mol. The number of halogens is 1. The molecule has 3 aromatic rings. The van der Waals surface area contributed by atoms with Crippen molar-refractivity contribution >= 4 is 27.3 Å². The Balaban J connectivity index is 1.72. The molecule has 136 valence electrons. The van der Waals surface area contributed by atoms with Gasteiger partial charge in [0.05, 0.1) is 10.2 Å². The van der Waals surface area contributed by atoms with Crippen LogP contribution in [0.5, 0.6) is 5.75 Å². The van der Waals surface area contributed by atoms with E-state index in [-0.39, 0.29) is 11.6 Å². The van der Waals surface area contributed by atoms with Gasteiger partial charge in [0.25, 0.3) is 0 Å². The predicted octanol–water partition coefficient (Wildman–Crippen LogP) is 4.39. The highest BCUT2D eigenvalue weighted by Gasteiger charge is 2.15. The molecule has 0 aliphatic heterocycles. The molecular formula is C20H21FN2O2S. The number of aromatic nitrogens is 1. The van der Waals surface area contributed by atoms with Crippen LogP contribution in [0.4, 0.5) is 4.39 Å². The molecule has 0 saturated carbocycles. The molecule has 3 rings (SSSR count). The monoisotopic (exact) mass is 372 g/mol. The minimum Gasteiger partial charge on any atom is -0.492 e. The van der Waals surface area contributed by atoms with Crippen molar-refractivity contribution in [3.05, 3.63) is 58.9 Å². The number of hydrogen-bond donors (Lipinski definition) is 0. The molecule has 0 aliphatic carbocycles. The van der Waals surface area contributed by atoms with E-state index in [9.17, 15) is 9.18 Å². The van der Waals surface area contributed by atoms with E-state index < -0.39 is 0 Å². The van der Waals surface area contributed by atoms with Crippen molar-refractivity contribution in [2.24, 2.45) is 0 Å². The van der Waals surface area contributed by atoms with Crippen LogP contribution in [0.2, 0.25) is 0 Å². The molecule has 0 unspecified atom stereocenters. The number of carbonyl (C=O) groups excluding carboxylic acids is 1. The van der Waals surface area contributed by atoms with Gasteiger partial charge in [-0.2, -0.15) is 0 Å². The summed E-state index contributed by atoms with van der Waals surface area (Å²) in [4.78, 5) is 19.2. The number of ketones is 1. The second-order valence-electron chi connectivity index (χ2n) is 5.86. The first-order chi connectivity index (χ1) is 12.6. The van der Waals surface area contributed by atoms with Gasteiger partial charge in [-0.15, -0.1) is 11.3 Å². The number of nitrogens with zero attached hydrogens (tertiary/aromatic N) is 2. The topological polar surface area (TPSA) is 42.4 Å². The lowest BCUT2D eigenvalue weighted by atomic mass is 10.1. The third kappa shape index (κ3) is 4.26. The zero-order chi connectivity index (χ0) is 18.5. The molecule has 0 atom stereocenters. The Morgan fingerprint density at radius 1 is 1.15 bits per heavy atom. The molecule has 1 aromatic heterocycles. The average molecular weight is 372 g/mol. The van der Waals surface area contributed by atoms with Crippen LogP contribution in [0.1, 0.15) is 29.2 Å². The van der Waals surface area contributed by atoms with E-state index in [1.807, 2.05) is 18.2 Å². The molecule has 4 nitrogen and oxygen atoms in total. The highest BCUT2D eigenvalue weighted by molar-refractivity contribution is 7.20. The van der Waals surface area contributed by atoms with Crippen LogP contribution in [0, 0.1) is 5.82 Å². The molecule has 0 aliphatic rings. The van der Waals surface area contributed by atoms with Gasteiger partial charge in [-0.1, -0.05) is 13.8 Å². The van der Waals surface area contributed by atoms with E-state index in [2.05, 4.69) is 23.7 Å². The smallest absolute Gasteiger partial charge is 0.221 e. The van der Waals surface area contributed by atoms with Crippen LogP contribution in [-0.2, 0) is 0 Å². The molecule has 0 radical (unpaired) electrons. The van der Waals surface area contributed by atoms with Crippen molar-refractivity contribution in [3.8, 4) is 5.75 Å². The summed E-state index contributed by atoms with van der Waals surface area (Å²) in [7, 11) is 0. The number of benzene rings is 2. The summed E-state index contributed by atoms with van der Waals surface area (Å²) in [5.74, 6) is 0.210. The van der Waals surface area contributed by atoms with Gasteiger partial charge in [0.1, 0.15) is 18.2 Å². The Morgan fingerprint density at radius 2 is 1.88 bits per heavy atom. The zero-order valence-electron chi connectivity index (χ0n) is 14.9. The minimum atomic E-state index is -0.364. The molecule has 0 spiro atoms. The molecule has 6 heteroatoms. The third-order valence-electron chi connectivity index (χ3n) is 4.23. The minimum absolute atomic E-state index is 0.199. The van der Waals surface area contributed by atoms with E-state index in [1.54, 1.807) is 0 Å². The van der Waals surface area contributed by atoms with Crippen LogP contribution in [0.3, 0.4) is 0 Å². The molecular weight excluding hydrogens is 351 g/mol. The fourth-order valence-corrected chi connectivity index (χ4v) is 3.61. The SMILES string of the molecule is CCN(CC)CCOc1ccc2nc(C(=O)c3ccc(F)cc3)sc2c1. The summed E-state index contributed by atoms with van der Waals surface area (Å²) in [6, 6.07) is 11.2. The van der Waals surface area contributed by atoms with Gasteiger partial charge in [-0.3, -0.25) is 4.79 Å². The lowest BCUT2D eigenvalue weighted by Gasteiger charge is -2.17. The Morgan fingerprint density at radius 3 is 2.58 bits per heavy atom. The van der Waals surface area contributed by atoms with Crippen LogP contribution < -0.4 is 4.74 Å². The summed E-state index contributed by atoms with van der Waals surface area (Å²) < 4.78 is 19.7. The third-order valence-corrected chi connectivity index (χ3v) is 5.25. The first kappa shape index (κ1) is 18.5. The van der Waals surface area contributed by atoms with Crippen LogP contribution in [-0.4, -0.2) is 41.9 Å². The van der Waals surface area contributed by atoms with Gasteiger partial charge in [-0.05, 0) is 55.6 Å². The van der Waals surface area contributed by atoms with E-state index in [0.29, 0.717) is 17.2 Å². The van der Waals surface area contributed by atoms with Crippen molar-refractivity contribution in [2.75, 3.05) is 26.2 Å². The normalized spacial score (nSPS) is 11.2. The van der Waals surface area contributed by atoms with E-state index in [1.165, 1.54) is 35.6 Å². The first-order valence-electron chi connectivity index (χ1n) is 8.66. The largest absolute Gasteiger partial charge is 0.492 e. The van der Waals surface area contributed by atoms with Crippen molar-refractivity contribution in [1.29, 1.82) is 0 Å². The van der Waals surface area contributed by atoms with Gasteiger partial charge >= 0.3 is 0 Å². The molecule has 1 heterocycles. The van der Waals surface area contributed by atoms with Crippen LogP contribution in [0.25, 0.3) is 10.2 Å². The van der Waals surface area contributed by atoms with Gasteiger partial charge < -0.3 is 9.64 Å². The van der Waals surface area contributed by atoms with Gasteiger partial charge in [-0.25, -0.2) is 9.37 Å². The second-order valence-corrected chi connectivity index (χ2v) is 6.89. The first-order valence-corrected chi connectivity index (χ1v) is 9.48.